The quantitative estimate of drug-likeness (QED) is 0.656. The third kappa shape index (κ3) is 4.96. The number of benzene rings is 1. The minimum absolute atomic E-state index is 0.0110. The number of pyridine rings is 1. The molecule has 1 aromatic carbocycles. The van der Waals surface area contributed by atoms with Crippen molar-refractivity contribution in [2.45, 2.75) is 64.3 Å². The van der Waals surface area contributed by atoms with E-state index in [1.165, 1.54) is 12.3 Å². The maximum Gasteiger partial charge on any atom is 0.388 e. The van der Waals surface area contributed by atoms with E-state index in [1.54, 1.807) is 11.0 Å². The maximum atomic E-state index is 13.2. The Morgan fingerprint density at radius 2 is 2.12 bits per heavy atom. The fourth-order valence-electron chi connectivity index (χ4n) is 4.73. The minimum atomic E-state index is -2.93. The zero-order valence-corrected chi connectivity index (χ0v) is 19.4. The van der Waals surface area contributed by atoms with Crippen molar-refractivity contribution in [3.05, 3.63) is 47.7 Å². The highest BCUT2D eigenvalue weighted by Crippen LogP contribution is 2.39. The number of hydrogen-bond donors (Lipinski definition) is 2. The summed E-state index contributed by atoms with van der Waals surface area (Å²) in [5.74, 6) is 0.0210. The van der Waals surface area contributed by atoms with Crippen molar-refractivity contribution in [3.63, 3.8) is 0 Å². The fourth-order valence-corrected chi connectivity index (χ4v) is 4.73. The summed E-state index contributed by atoms with van der Waals surface area (Å²) in [7, 11) is 0. The Bertz CT molecular complexity index is 1080. The lowest BCUT2D eigenvalue weighted by molar-refractivity contribution is -0.133. The Kier molecular flexibility index (Phi) is 6.70. The number of ether oxygens (including phenoxy) is 2. The number of carbonyl (C=O) groups excluding carboxylic acids is 1. The van der Waals surface area contributed by atoms with Crippen LogP contribution in [0.2, 0.25) is 0 Å². The molecule has 0 bridgehead atoms. The number of amides is 1. The summed E-state index contributed by atoms with van der Waals surface area (Å²) in [5, 5.41) is 3.24. The third-order valence-corrected chi connectivity index (χ3v) is 6.33. The Labute approximate surface area is 197 Å². The SMILES string of the molecule is Cc1c(Nc2ccc(OC(F)F)nc2)cccc1[C@]1(C)CC(=O)N([C@@H]2CCO[C@H](C)C2)C(N)=N1. The van der Waals surface area contributed by atoms with Crippen molar-refractivity contribution in [2.24, 2.45) is 10.7 Å². The van der Waals surface area contributed by atoms with Crippen LogP contribution in [0.4, 0.5) is 20.2 Å². The van der Waals surface area contributed by atoms with Crippen LogP contribution >= 0.6 is 0 Å². The van der Waals surface area contributed by atoms with Crippen molar-refractivity contribution in [2.75, 3.05) is 11.9 Å². The van der Waals surface area contributed by atoms with Crippen LogP contribution in [0.5, 0.6) is 5.88 Å². The average Bonchev–Trinajstić information content (AvgIpc) is 2.75. The molecule has 4 rings (SSSR count). The number of guanidine groups is 1. The van der Waals surface area contributed by atoms with E-state index < -0.39 is 12.2 Å². The van der Waals surface area contributed by atoms with Gasteiger partial charge in [0, 0.05) is 24.4 Å². The van der Waals surface area contributed by atoms with E-state index in [1.807, 2.05) is 39.0 Å². The van der Waals surface area contributed by atoms with E-state index in [4.69, 9.17) is 15.5 Å². The second-order valence-corrected chi connectivity index (χ2v) is 8.91. The molecule has 0 aliphatic carbocycles. The van der Waals surface area contributed by atoms with Crippen molar-refractivity contribution in [1.29, 1.82) is 0 Å². The predicted octanol–water partition coefficient (Wildman–Crippen LogP) is 4.06. The van der Waals surface area contributed by atoms with Gasteiger partial charge < -0.3 is 20.5 Å². The Balaban J connectivity index is 1.57. The van der Waals surface area contributed by atoms with Crippen molar-refractivity contribution < 1.29 is 23.0 Å². The molecule has 3 atom stereocenters. The first-order valence-corrected chi connectivity index (χ1v) is 11.2. The third-order valence-electron chi connectivity index (χ3n) is 6.33. The number of alkyl halides is 2. The number of hydrogen-bond acceptors (Lipinski definition) is 7. The molecule has 1 fully saturated rings. The van der Waals surface area contributed by atoms with Gasteiger partial charge in [0.15, 0.2) is 5.96 Å². The molecule has 2 aromatic rings. The van der Waals surface area contributed by atoms with E-state index in [9.17, 15) is 13.6 Å². The van der Waals surface area contributed by atoms with E-state index in [0.29, 0.717) is 12.3 Å². The molecule has 34 heavy (non-hydrogen) atoms. The van der Waals surface area contributed by atoms with E-state index in [0.717, 1.165) is 29.7 Å². The number of carbonyl (C=O) groups is 1. The molecule has 0 radical (unpaired) electrons. The van der Waals surface area contributed by atoms with Gasteiger partial charge in [0.25, 0.3) is 0 Å². The number of aromatic nitrogens is 1. The van der Waals surface area contributed by atoms with Gasteiger partial charge in [-0.2, -0.15) is 8.78 Å². The molecule has 3 N–H and O–H groups in total. The van der Waals surface area contributed by atoms with E-state index in [2.05, 4.69) is 15.0 Å². The lowest BCUT2D eigenvalue weighted by Crippen LogP contribution is -2.56. The lowest BCUT2D eigenvalue weighted by atomic mass is 9.83. The summed E-state index contributed by atoms with van der Waals surface area (Å²) in [6.45, 7) is 3.51. The number of rotatable bonds is 6. The van der Waals surface area contributed by atoms with Gasteiger partial charge in [0.1, 0.15) is 0 Å². The molecule has 2 aliphatic heterocycles. The molecule has 8 nitrogen and oxygen atoms in total. The van der Waals surface area contributed by atoms with Gasteiger partial charge in [0.05, 0.1) is 29.9 Å². The molecule has 0 unspecified atom stereocenters. The first-order valence-electron chi connectivity index (χ1n) is 11.2. The second-order valence-electron chi connectivity index (χ2n) is 8.91. The van der Waals surface area contributed by atoms with Gasteiger partial charge in [0.2, 0.25) is 11.8 Å². The molecule has 182 valence electrons. The smallest absolute Gasteiger partial charge is 0.388 e. The molecule has 3 heterocycles. The maximum absolute atomic E-state index is 13.2. The topological polar surface area (TPSA) is 102 Å². The van der Waals surface area contributed by atoms with E-state index >= 15 is 0 Å². The summed E-state index contributed by atoms with van der Waals surface area (Å²) >= 11 is 0. The highest BCUT2D eigenvalue weighted by molar-refractivity contribution is 5.99. The van der Waals surface area contributed by atoms with Gasteiger partial charge in [-0.3, -0.25) is 9.69 Å². The molecule has 2 aliphatic rings. The van der Waals surface area contributed by atoms with Gasteiger partial charge in [-0.15, -0.1) is 0 Å². The normalized spacial score (nSPS) is 25.3. The number of halogens is 2. The van der Waals surface area contributed by atoms with Gasteiger partial charge in [-0.05, 0) is 56.9 Å². The van der Waals surface area contributed by atoms with Crippen LogP contribution < -0.4 is 15.8 Å². The van der Waals surface area contributed by atoms with Crippen molar-refractivity contribution in [1.82, 2.24) is 9.88 Å². The molecule has 1 aromatic heterocycles. The van der Waals surface area contributed by atoms with Crippen molar-refractivity contribution >= 4 is 23.2 Å². The first-order chi connectivity index (χ1) is 16.2. The number of nitrogens with zero attached hydrogens (tertiary/aromatic N) is 3. The Hall–Kier alpha value is -3.27. The Morgan fingerprint density at radius 3 is 2.76 bits per heavy atom. The largest absolute Gasteiger partial charge is 0.417 e. The van der Waals surface area contributed by atoms with Gasteiger partial charge >= 0.3 is 6.61 Å². The molecule has 0 spiro atoms. The fraction of sp³-hybridized carbons (Fsp3) is 0.458. The van der Waals surface area contributed by atoms with Crippen LogP contribution in [0.3, 0.4) is 0 Å². The molecular formula is C24H29F2N5O3. The van der Waals surface area contributed by atoms with Crippen LogP contribution in [0, 0.1) is 6.92 Å². The zero-order chi connectivity index (χ0) is 24.5. The number of aliphatic imine (C=N–C) groups is 1. The van der Waals surface area contributed by atoms with Crippen LogP contribution in [-0.2, 0) is 15.1 Å². The van der Waals surface area contributed by atoms with Gasteiger partial charge in [-0.1, -0.05) is 12.1 Å². The number of nitrogens with one attached hydrogen (secondary N) is 1. The Morgan fingerprint density at radius 1 is 1.32 bits per heavy atom. The highest BCUT2D eigenvalue weighted by atomic mass is 19.3. The monoisotopic (exact) mass is 473 g/mol. The summed E-state index contributed by atoms with van der Waals surface area (Å²) in [6.07, 6.45) is 3.15. The van der Waals surface area contributed by atoms with Crippen LogP contribution in [0.1, 0.15) is 44.2 Å². The summed E-state index contributed by atoms with van der Waals surface area (Å²) in [5.41, 5.74) is 8.69. The number of nitrogens with two attached hydrogens (primary N) is 1. The zero-order valence-electron chi connectivity index (χ0n) is 19.4. The standard InChI is InChI=1S/C24H29F2N5O3/c1-14-11-17(9-10-33-14)31-21(32)12-24(3,30-23(31)27)18-5-4-6-19(15(18)2)29-16-7-8-20(28-13-16)34-22(25)26/h4-8,13-14,17,22,29H,9-12H2,1-3H3,(H2,27,30)/t14-,17-,24+/m1/s1. The highest BCUT2D eigenvalue weighted by Gasteiger charge is 2.41. The second kappa shape index (κ2) is 9.54. The minimum Gasteiger partial charge on any atom is -0.417 e. The summed E-state index contributed by atoms with van der Waals surface area (Å²) in [4.78, 5) is 23.5. The molecular weight excluding hydrogens is 444 g/mol. The summed E-state index contributed by atoms with van der Waals surface area (Å²) in [6, 6.07) is 8.66. The van der Waals surface area contributed by atoms with E-state index in [-0.39, 0.29) is 36.3 Å². The predicted molar refractivity (Wildman–Crippen MR) is 124 cm³/mol. The number of anilines is 2. The van der Waals surface area contributed by atoms with Crippen molar-refractivity contribution in [3.8, 4) is 5.88 Å². The van der Waals surface area contributed by atoms with Crippen LogP contribution in [-0.4, -0.2) is 47.1 Å². The van der Waals surface area contributed by atoms with Crippen LogP contribution in [0.25, 0.3) is 0 Å². The summed E-state index contributed by atoms with van der Waals surface area (Å²) < 4.78 is 34.6. The van der Waals surface area contributed by atoms with Gasteiger partial charge in [-0.25, -0.2) is 9.98 Å². The molecule has 0 saturated carbocycles. The van der Waals surface area contributed by atoms with Crippen LogP contribution in [0.15, 0.2) is 41.5 Å². The average molecular weight is 474 g/mol. The first kappa shape index (κ1) is 23.9. The molecule has 1 amide bonds. The lowest BCUT2D eigenvalue weighted by Gasteiger charge is -2.42. The molecule has 10 heteroatoms. The molecule has 1 saturated heterocycles.